The fourth-order valence-electron chi connectivity index (χ4n) is 2.43. The van der Waals surface area contributed by atoms with Crippen LogP contribution in [0.15, 0.2) is 72.0 Å². The number of nitrogens with zero attached hydrogens (tertiary/aromatic N) is 1. The van der Waals surface area contributed by atoms with E-state index in [2.05, 4.69) is 31.4 Å². The molecule has 2 nitrogen and oxygen atoms in total. The molecule has 19 heavy (non-hydrogen) atoms. The molecule has 0 unspecified atom stereocenters. The van der Waals surface area contributed by atoms with Gasteiger partial charge >= 0.3 is 0 Å². The van der Waals surface area contributed by atoms with Crippen molar-refractivity contribution in [1.82, 2.24) is 4.90 Å². The van der Waals surface area contributed by atoms with Crippen molar-refractivity contribution in [3.05, 3.63) is 72.0 Å². The van der Waals surface area contributed by atoms with Gasteiger partial charge in [-0.3, -0.25) is 4.79 Å². The van der Waals surface area contributed by atoms with Crippen molar-refractivity contribution in [2.75, 3.05) is 6.54 Å². The van der Waals surface area contributed by atoms with Crippen LogP contribution in [-0.4, -0.2) is 17.4 Å². The summed E-state index contributed by atoms with van der Waals surface area (Å²) in [6.45, 7) is 9.83. The van der Waals surface area contributed by atoms with Gasteiger partial charge in [-0.1, -0.05) is 43.5 Å². The molecule has 0 spiro atoms. The Morgan fingerprint density at radius 3 is 2.58 bits per heavy atom. The molecule has 0 N–H and O–H groups in total. The standard InChI is InChI=1S/C17H19NO/c1-4-14-10-11-15-8-6-7-9-16(15)12-18(13(3)19)17(14)5-2/h4-5,8-11H,1-2,6-7,12H2,3H3/b11-10-,17-14-. The number of hydrogen-bond acceptors (Lipinski definition) is 1. The van der Waals surface area contributed by atoms with E-state index in [1.54, 1.807) is 24.0 Å². The largest absolute Gasteiger partial charge is 0.308 e. The summed E-state index contributed by atoms with van der Waals surface area (Å²) in [5.74, 6) is 0.0235. The highest BCUT2D eigenvalue weighted by Gasteiger charge is 2.20. The molecule has 98 valence electrons. The van der Waals surface area contributed by atoms with Gasteiger partial charge in [-0.2, -0.15) is 0 Å². The smallest absolute Gasteiger partial charge is 0.224 e. The van der Waals surface area contributed by atoms with Crippen molar-refractivity contribution in [2.24, 2.45) is 0 Å². The Morgan fingerprint density at radius 1 is 1.21 bits per heavy atom. The lowest BCUT2D eigenvalue weighted by molar-refractivity contribution is -0.126. The zero-order valence-corrected chi connectivity index (χ0v) is 11.4. The number of hydrogen-bond donors (Lipinski definition) is 0. The Kier molecular flexibility index (Phi) is 4.00. The van der Waals surface area contributed by atoms with Gasteiger partial charge in [-0.15, -0.1) is 0 Å². The first-order valence-corrected chi connectivity index (χ1v) is 6.52. The van der Waals surface area contributed by atoms with E-state index < -0.39 is 0 Å². The van der Waals surface area contributed by atoms with E-state index in [-0.39, 0.29) is 5.91 Å². The van der Waals surface area contributed by atoms with Gasteiger partial charge < -0.3 is 4.90 Å². The molecule has 0 aromatic carbocycles. The quantitative estimate of drug-likeness (QED) is 0.735. The lowest BCUT2D eigenvalue weighted by Crippen LogP contribution is -2.31. The molecule has 0 atom stereocenters. The maximum Gasteiger partial charge on any atom is 0.224 e. The van der Waals surface area contributed by atoms with E-state index >= 15 is 0 Å². The van der Waals surface area contributed by atoms with Gasteiger partial charge in [0.05, 0.1) is 12.2 Å². The van der Waals surface area contributed by atoms with Gasteiger partial charge in [-0.05, 0) is 35.6 Å². The number of allylic oxidation sites excluding steroid dienone is 7. The predicted octanol–water partition coefficient (Wildman–Crippen LogP) is 3.68. The highest BCUT2D eigenvalue weighted by Crippen LogP contribution is 2.27. The molecule has 1 heterocycles. The topological polar surface area (TPSA) is 20.3 Å². The van der Waals surface area contributed by atoms with Crippen LogP contribution in [0.25, 0.3) is 0 Å². The lowest BCUT2D eigenvalue weighted by Gasteiger charge is -2.28. The molecule has 0 aromatic rings. The predicted molar refractivity (Wildman–Crippen MR) is 79.3 cm³/mol. The van der Waals surface area contributed by atoms with E-state index in [0.29, 0.717) is 6.54 Å². The average molecular weight is 253 g/mol. The second-order valence-corrected chi connectivity index (χ2v) is 4.65. The molecule has 0 aromatic heterocycles. The third-order valence-electron chi connectivity index (χ3n) is 3.44. The SMILES string of the molecule is C=CC1=C(\C=C)N(C(C)=O)CC2=CCCC=C2/C=C\1. The molecule has 1 amide bonds. The van der Waals surface area contributed by atoms with E-state index in [1.807, 2.05) is 6.08 Å². The van der Waals surface area contributed by atoms with Crippen LogP contribution in [0.4, 0.5) is 0 Å². The Hall–Kier alpha value is -2.09. The summed E-state index contributed by atoms with van der Waals surface area (Å²) < 4.78 is 0. The summed E-state index contributed by atoms with van der Waals surface area (Å²) in [6, 6.07) is 0. The number of rotatable bonds is 2. The van der Waals surface area contributed by atoms with Crippen molar-refractivity contribution < 1.29 is 4.79 Å². The second-order valence-electron chi connectivity index (χ2n) is 4.65. The normalized spacial score (nSPS) is 24.4. The minimum atomic E-state index is 0.0235. The molecule has 2 aliphatic rings. The first-order valence-electron chi connectivity index (χ1n) is 6.52. The molecule has 1 aliphatic carbocycles. The van der Waals surface area contributed by atoms with Gasteiger partial charge in [0.1, 0.15) is 0 Å². The maximum atomic E-state index is 11.9. The molecule has 0 saturated heterocycles. The van der Waals surface area contributed by atoms with Crippen LogP contribution < -0.4 is 0 Å². The van der Waals surface area contributed by atoms with Crippen molar-refractivity contribution in [1.29, 1.82) is 0 Å². The summed E-state index contributed by atoms with van der Waals surface area (Å²) >= 11 is 0. The fourth-order valence-corrected chi connectivity index (χ4v) is 2.43. The molecule has 0 fully saturated rings. The average Bonchev–Trinajstić information content (AvgIpc) is 2.39. The molecule has 0 bridgehead atoms. The van der Waals surface area contributed by atoms with Crippen LogP contribution in [-0.2, 0) is 4.79 Å². The molecule has 2 rings (SSSR count). The van der Waals surface area contributed by atoms with E-state index in [4.69, 9.17) is 0 Å². The monoisotopic (exact) mass is 253 g/mol. The highest BCUT2D eigenvalue weighted by molar-refractivity contribution is 5.77. The number of fused-ring (bicyclic) bond motifs is 1. The summed E-state index contributed by atoms with van der Waals surface area (Å²) in [5.41, 5.74) is 4.17. The van der Waals surface area contributed by atoms with Gasteiger partial charge in [0.2, 0.25) is 5.91 Å². The van der Waals surface area contributed by atoms with Crippen molar-refractivity contribution in [3.63, 3.8) is 0 Å². The molecule has 0 saturated carbocycles. The minimum absolute atomic E-state index is 0.0235. The second kappa shape index (κ2) is 5.70. The Labute approximate surface area is 114 Å². The van der Waals surface area contributed by atoms with Crippen molar-refractivity contribution in [3.8, 4) is 0 Å². The van der Waals surface area contributed by atoms with Crippen LogP contribution >= 0.6 is 0 Å². The number of carbonyl (C=O) groups excluding carboxylic acids is 1. The lowest BCUT2D eigenvalue weighted by atomic mass is 9.94. The third kappa shape index (κ3) is 2.68. The zero-order chi connectivity index (χ0) is 13.8. The fraction of sp³-hybridized carbons (Fsp3) is 0.235. The van der Waals surface area contributed by atoms with Crippen LogP contribution in [0.2, 0.25) is 0 Å². The zero-order valence-electron chi connectivity index (χ0n) is 11.4. The van der Waals surface area contributed by atoms with Crippen LogP contribution in [0, 0.1) is 0 Å². The third-order valence-corrected chi connectivity index (χ3v) is 3.44. The maximum absolute atomic E-state index is 11.9. The van der Waals surface area contributed by atoms with Crippen LogP contribution in [0.1, 0.15) is 19.8 Å². The van der Waals surface area contributed by atoms with E-state index in [1.165, 1.54) is 11.1 Å². The van der Waals surface area contributed by atoms with Crippen LogP contribution in [0.5, 0.6) is 0 Å². The van der Waals surface area contributed by atoms with Crippen LogP contribution in [0.3, 0.4) is 0 Å². The van der Waals surface area contributed by atoms with E-state index in [9.17, 15) is 4.79 Å². The van der Waals surface area contributed by atoms with Crippen molar-refractivity contribution in [2.45, 2.75) is 19.8 Å². The summed E-state index contributed by atoms with van der Waals surface area (Å²) in [5, 5.41) is 0. The van der Waals surface area contributed by atoms with Crippen molar-refractivity contribution >= 4 is 5.91 Å². The summed E-state index contributed by atoms with van der Waals surface area (Å²) in [6.07, 6.45) is 14.1. The molecular formula is C17H19NO. The first-order chi connectivity index (χ1) is 9.17. The summed E-state index contributed by atoms with van der Waals surface area (Å²) in [7, 11) is 0. The molecular weight excluding hydrogens is 234 g/mol. The molecule has 1 aliphatic heterocycles. The van der Waals surface area contributed by atoms with Gasteiger partial charge in [0.15, 0.2) is 0 Å². The number of amides is 1. The van der Waals surface area contributed by atoms with Gasteiger partial charge in [0.25, 0.3) is 0 Å². The Bertz CT molecular complexity index is 544. The number of carbonyl (C=O) groups is 1. The Morgan fingerprint density at radius 2 is 1.95 bits per heavy atom. The molecule has 0 radical (unpaired) electrons. The molecule has 2 heteroatoms. The Balaban J connectivity index is 2.55. The summed E-state index contributed by atoms with van der Waals surface area (Å²) in [4.78, 5) is 13.7. The van der Waals surface area contributed by atoms with Gasteiger partial charge in [-0.25, -0.2) is 0 Å². The van der Waals surface area contributed by atoms with E-state index in [0.717, 1.165) is 24.1 Å². The highest BCUT2D eigenvalue weighted by atomic mass is 16.2. The first kappa shape index (κ1) is 13.3. The van der Waals surface area contributed by atoms with Gasteiger partial charge in [0, 0.05) is 6.92 Å². The minimum Gasteiger partial charge on any atom is -0.308 e.